The van der Waals surface area contributed by atoms with Gasteiger partial charge in [-0.25, -0.2) is 9.97 Å². The molecule has 1 aromatic carbocycles. The minimum Gasteiger partial charge on any atom is -0.296 e. The third-order valence-electron chi connectivity index (χ3n) is 2.09. The van der Waals surface area contributed by atoms with Crippen molar-refractivity contribution in [3.63, 3.8) is 0 Å². The first-order valence-corrected chi connectivity index (χ1v) is 5.18. The van der Waals surface area contributed by atoms with Crippen LogP contribution in [0.25, 0.3) is 11.1 Å². The van der Waals surface area contributed by atoms with E-state index >= 15 is 0 Å². The Morgan fingerprint density at radius 2 is 2.00 bits per heavy atom. The molecule has 80 valence electrons. The van der Waals surface area contributed by atoms with Crippen molar-refractivity contribution in [1.29, 1.82) is 0 Å². The van der Waals surface area contributed by atoms with E-state index in [1.54, 1.807) is 24.4 Å². The zero-order valence-electron chi connectivity index (χ0n) is 8.02. The average Bonchev–Trinajstić information content (AvgIpc) is 2.32. The van der Waals surface area contributed by atoms with Crippen LogP contribution in [0.4, 0.5) is 0 Å². The summed E-state index contributed by atoms with van der Waals surface area (Å²) in [5, 5.41) is 0.898. The van der Waals surface area contributed by atoms with E-state index in [-0.39, 0.29) is 0 Å². The van der Waals surface area contributed by atoms with E-state index in [0.717, 1.165) is 5.56 Å². The van der Waals surface area contributed by atoms with Crippen LogP contribution in [0.1, 0.15) is 10.5 Å². The van der Waals surface area contributed by atoms with Gasteiger partial charge in [-0.1, -0.05) is 29.3 Å². The van der Waals surface area contributed by atoms with Crippen LogP contribution in [0.5, 0.6) is 0 Å². The fourth-order valence-corrected chi connectivity index (χ4v) is 1.62. The normalized spacial score (nSPS) is 10.1. The van der Waals surface area contributed by atoms with Crippen molar-refractivity contribution in [1.82, 2.24) is 9.97 Å². The Balaban J connectivity index is 2.58. The second-order valence-corrected chi connectivity index (χ2v) is 3.88. The number of carbonyl (C=O) groups is 1. The summed E-state index contributed by atoms with van der Waals surface area (Å²) in [6.45, 7) is 0. The van der Waals surface area contributed by atoms with Gasteiger partial charge < -0.3 is 0 Å². The van der Waals surface area contributed by atoms with Crippen molar-refractivity contribution >= 4 is 29.5 Å². The lowest BCUT2D eigenvalue weighted by atomic mass is 10.1. The van der Waals surface area contributed by atoms with Gasteiger partial charge in [0, 0.05) is 11.8 Å². The number of carbonyl (C=O) groups excluding carboxylic acids is 1. The van der Waals surface area contributed by atoms with Gasteiger partial charge in [0.15, 0.2) is 6.29 Å². The van der Waals surface area contributed by atoms with Crippen molar-refractivity contribution in [3.8, 4) is 11.1 Å². The van der Waals surface area contributed by atoms with Crippen molar-refractivity contribution in [2.45, 2.75) is 0 Å². The molecule has 1 heterocycles. The fourth-order valence-electron chi connectivity index (χ4n) is 1.32. The second-order valence-electron chi connectivity index (χ2n) is 3.07. The van der Waals surface area contributed by atoms with Crippen LogP contribution in [0.2, 0.25) is 10.0 Å². The molecule has 0 N–H and O–H groups in total. The van der Waals surface area contributed by atoms with Gasteiger partial charge in [0.2, 0.25) is 0 Å². The maximum Gasteiger partial charge on any atom is 0.169 e. The van der Waals surface area contributed by atoms with E-state index < -0.39 is 0 Å². The number of hydrogen-bond acceptors (Lipinski definition) is 3. The van der Waals surface area contributed by atoms with Gasteiger partial charge in [0.05, 0.1) is 10.0 Å². The molecule has 0 bridgehead atoms. The molecule has 0 radical (unpaired) electrons. The van der Waals surface area contributed by atoms with E-state index in [1.807, 2.05) is 0 Å². The molecule has 5 heteroatoms. The molecule has 0 atom stereocenters. The Hall–Kier alpha value is -1.45. The van der Waals surface area contributed by atoms with Gasteiger partial charge in [-0.15, -0.1) is 0 Å². The van der Waals surface area contributed by atoms with E-state index in [0.29, 0.717) is 27.6 Å². The Labute approximate surface area is 102 Å². The average molecular weight is 253 g/mol. The number of aldehydes is 1. The third-order valence-corrected chi connectivity index (χ3v) is 2.82. The summed E-state index contributed by atoms with van der Waals surface area (Å²) in [6, 6.07) is 5.11. The standard InChI is InChI=1S/C11H6Cl2N2O/c12-9-2-1-7(3-10(9)13)8-4-14-6-15-11(8)5-16/h1-6H. The lowest BCUT2D eigenvalue weighted by molar-refractivity contribution is 0.111. The largest absolute Gasteiger partial charge is 0.296 e. The first-order valence-electron chi connectivity index (χ1n) is 4.43. The molecular formula is C11H6Cl2N2O. The Morgan fingerprint density at radius 1 is 1.19 bits per heavy atom. The lowest BCUT2D eigenvalue weighted by Gasteiger charge is -2.04. The molecule has 0 aliphatic rings. The number of hydrogen-bond donors (Lipinski definition) is 0. The van der Waals surface area contributed by atoms with Crippen molar-refractivity contribution in [3.05, 3.63) is 46.5 Å². The molecule has 3 nitrogen and oxygen atoms in total. The van der Waals surface area contributed by atoms with Crippen LogP contribution in [0.3, 0.4) is 0 Å². The highest BCUT2D eigenvalue weighted by molar-refractivity contribution is 6.42. The molecule has 0 unspecified atom stereocenters. The molecule has 0 spiro atoms. The SMILES string of the molecule is O=Cc1ncncc1-c1ccc(Cl)c(Cl)c1. The smallest absolute Gasteiger partial charge is 0.169 e. The molecular weight excluding hydrogens is 247 g/mol. The second kappa shape index (κ2) is 4.60. The number of nitrogens with zero attached hydrogens (tertiary/aromatic N) is 2. The fraction of sp³-hybridized carbons (Fsp3) is 0. The number of rotatable bonds is 2. The molecule has 0 saturated heterocycles. The summed E-state index contributed by atoms with van der Waals surface area (Å²) in [5.74, 6) is 0. The Morgan fingerprint density at radius 3 is 2.69 bits per heavy atom. The van der Waals surface area contributed by atoms with E-state index in [1.165, 1.54) is 6.33 Å². The van der Waals surface area contributed by atoms with Gasteiger partial charge in [-0.3, -0.25) is 4.79 Å². The summed E-state index contributed by atoms with van der Waals surface area (Å²) in [7, 11) is 0. The lowest BCUT2D eigenvalue weighted by Crippen LogP contribution is -1.93. The highest BCUT2D eigenvalue weighted by Crippen LogP contribution is 2.28. The molecule has 0 amide bonds. The first kappa shape index (κ1) is 11.0. The van der Waals surface area contributed by atoms with Gasteiger partial charge in [-0.05, 0) is 17.7 Å². The molecule has 0 aliphatic carbocycles. The third kappa shape index (κ3) is 2.05. The number of benzene rings is 1. The van der Waals surface area contributed by atoms with Crippen LogP contribution >= 0.6 is 23.2 Å². The number of halogens is 2. The molecule has 16 heavy (non-hydrogen) atoms. The van der Waals surface area contributed by atoms with E-state index in [4.69, 9.17) is 23.2 Å². The molecule has 2 aromatic rings. The van der Waals surface area contributed by atoms with Gasteiger partial charge in [0.1, 0.15) is 12.0 Å². The summed E-state index contributed by atoms with van der Waals surface area (Å²) in [6.07, 6.45) is 3.57. The van der Waals surface area contributed by atoms with Gasteiger partial charge >= 0.3 is 0 Å². The van der Waals surface area contributed by atoms with Crippen LogP contribution in [0.15, 0.2) is 30.7 Å². The zero-order valence-corrected chi connectivity index (χ0v) is 9.53. The highest BCUT2D eigenvalue weighted by Gasteiger charge is 2.07. The minimum absolute atomic E-state index is 0.327. The zero-order chi connectivity index (χ0) is 11.5. The molecule has 0 saturated carbocycles. The van der Waals surface area contributed by atoms with E-state index in [9.17, 15) is 4.79 Å². The van der Waals surface area contributed by atoms with Crippen LogP contribution in [-0.2, 0) is 0 Å². The van der Waals surface area contributed by atoms with Crippen molar-refractivity contribution < 1.29 is 4.79 Å². The van der Waals surface area contributed by atoms with Crippen LogP contribution in [-0.4, -0.2) is 16.3 Å². The predicted octanol–water partition coefficient (Wildman–Crippen LogP) is 3.26. The maximum atomic E-state index is 10.8. The first-order chi connectivity index (χ1) is 7.72. The van der Waals surface area contributed by atoms with E-state index in [2.05, 4.69) is 9.97 Å². The van der Waals surface area contributed by atoms with Crippen LogP contribution in [0, 0.1) is 0 Å². The Kier molecular flexibility index (Phi) is 3.17. The van der Waals surface area contributed by atoms with Gasteiger partial charge in [0.25, 0.3) is 0 Å². The summed E-state index contributed by atoms with van der Waals surface area (Å²) >= 11 is 11.7. The Bertz CT molecular complexity index is 543. The van der Waals surface area contributed by atoms with Crippen LogP contribution < -0.4 is 0 Å². The molecule has 0 fully saturated rings. The monoisotopic (exact) mass is 252 g/mol. The molecule has 0 aliphatic heterocycles. The predicted molar refractivity (Wildman–Crippen MR) is 62.9 cm³/mol. The molecule has 1 aromatic heterocycles. The van der Waals surface area contributed by atoms with Gasteiger partial charge in [-0.2, -0.15) is 0 Å². The summed E-state index contributed by atoms with van der Waals surface area (Å²) < 4.78 is 0. The number of aromatic nitrogens is 2. The minimum atomic E-state index is 0.327. The maximum absolute atomic E-state index is 10.8. The summed E-state index contributed by atoms with van der Waals surface area (Å²) in [5.41, 5.74) is 1.72. The highest BCUT2D eigenvalue weighted by atomic mass is 35.5. The van der Waals surface area contributed by atoms with Crippen molar-refractivity contribution in [2.75, 3.05) is 0 Å². The summed E-state index contributed by atoms with van der Waals surface area (Å²) in [4.78, 5) is 18.5. The topological polar surface area (TPSA) is 42.9 Å². The quantitative estimate of drug-likeness (QED) is 0.771. The molecule has 2 rings (SSSR count). The van der Waals surface area contributed by atoms with Crippen molar-refractivity contribution in [2.24, 2.45) is 0 Å².